The lowest BCUT2D eigenvalue weighted by Crippen LogP contribution is -2.28. The number of nitrogen functional groups attached to an aromatic ring is 1. The summed E-state index contributed by atoms with van der Waals surface area (Å²) in [5.41, 5.74) is 6.52. The van der Waals surface area contributed by atoms with Crippen molar-refractivity contribution in [1.82, 2.24) is 4.72 Å². The van der Waals surface area contributed by atoms with Crippen molar-refractivity contribution in [3.63, 3.8) is 0 Å². The third-order valence-corrected chi connectivity index (χ3v) is 5.79. The predicted molar refractivity (Wildman–Crippen MR) is 92.1 cm³/mol. The molecule has 0 amide bonds. The summed E-state index contributed by atoms with van der Waals surface area (Å²) in [7, 11) is -3.18. The number of thioether (sulfide) groups is 1. The molecule has 0 fully saturated rings. The van der Waals surface area contributed by atoms with Gasteiger partial charge in [-0.25, -0.2) is 13.1 Å². The molecule has 4 nitrogen and oxygen atoms in total. The van der Waals surface area contributed by atoms with Crippen LogP contribution in [0.2, 0.25) is 0 Å². The minimum atomic E-state index is -3.18. The topological polar surface area (TPSA) is 72.2 Å². The SMILES string of the molecule is CC(C)CCCCNS(=O)(=O)CCSc1ccccc1N. The number of anilines is 1. The fraction of sp³-hybridized carbons (Fsp3) is 0.600. The van der Waals surface area contributed by atoms with Crippen LogP contribution in [0.5, 0.6) is 0 Å². The second kappa shape index (κ2) is 9.33. The van der Waals surface area contributed by atoms with Gasteiger partial charge in [0.25, 0.3) is 0 Å². The molecule has 3 N–H and O–H groups in total. The molecule has 1 aromatic carbocycles. The molecule has 0 unspecified atom stereocenters. The molecule has 6 heteroatoms. The molecule has 0 saturated heterocycles. The predicted octanol–water partition coefficient (Wildman–Crippen LogP) is 3.11. The van der Waals surface area contributed by atoms with Gasteiger partial charge in [-0.05, 0) is 24.5 Å². The lowest BCUT2D eigenvalue weighted by Gasteiger charge is -2.08. The second-order valence-corrected chi connectivity index (χ2v) is 8.55. The maximum absolute atomic E-state index is 11.8. The molecule has 0 spiro atoms. The summed E-state index contributed by atoms with van der Waals surface area (Å²) in [5, 5.41) is 0. The first-order valence-electron chi connectivity index (χ1n) is 7.35. The number of para-hydroxylation sites is 1. The highest BCUT2D eigenvalue weighted by atomic mass is 32.2. The second-order valence-electron chi connectivity index (χ2n) is 5.49. The Bertz CT molecular complexity index is 516. The van der Waals surface area contributed by atoms with Gasteiger partial charge in [0, 0.05) is 22.9 Å². The van der Waals surface area contributed by atoms with Crippen LogP contribution < -0.4 is 10.5 Å². The van der Waals surface area contributed by atoms with Crippen molar-refractivity contribution in [1.29, 1.82) is 0 Å². The van der Waals surface area contributed by atoms with Gasteiger partial charge in [-0.15, -0.1) is 11.8 Å². The Kier molecular flexibility index (Phi) is 8.14. The number of sulfonamides is 1. The van der Waals surface area contributed by atoms with Gasteiger partial charge >= 0.3 is 0 Å². The largest absolute Gasteiger partial charge is 0.398 e. The van der Waals surface area contributed by atoms with Crippen LogP contribution in [0.1, 0.15) is 33.1 Å². The number of hydrogen-bond donors (Lipinski definition) is 2. The molecule has 120 valence electrons. The molecule has 0 saturated carbocycles. The van der Waals surface area contributed by atoms with E-state index in [4.69, 9.17) is 5.73 Å². The smallest absolute Gasteiger partial charge is 0.212 e. The number of benzene rings is 1. The standard InChI is InChI=1S/C15H26N2O2S2/c1-13(2)7-5-6-10-17-21(18,19)12-11-20-15-9-4-3-8-14(15)16/h3-4,8-9,13,17H,5-7,10-12,16H2,1-2H3. The molecule has 1 rings (SSSR count). The summed E-state index contributed by atoms with van der Waals surface area (Å²) < 4.78 is 26.4. The molecule has 0 aliphatic rings. The van der Waals surface area contributed by atoms with Crippen LogP contribution in [0, 0.1) is 5.92 Å². The highest BCUT2D eigenvalue weighted by Gasteiger charge is 2.10. The Morgan fingerprint density at radius 3 is 2.62 bits per heavy atom. The molecule has 0 atom stereocenters. The zero-order valence-corrected chi connectivity index (χ0v) is 14.5. The van der Waals surface area contributed by atoms with Gasteiger partial charge < -0.3 is 5.73 Å². The van der Waals surface area contributed by atoms with E-state index in [9.17, 15) is 8.42 Å². The Hall–Kier alpha value is -0.720. The highest BCUT2D eigenvalue weighted by Crippen LogP contribution is 2.24. The molecule has 0 aromatic heterocycles. The first-order valence-corrected chi connectivity index (χ1v) is 9.99. The molecule has 0 radical (unpaired) electrons. The lowest BCUT2D eigenvalue weighted by molar-refractivity contribution is 0.531. The molecule has 0 aliphatic heterocycles. The van der Waals surface area contributed by atoms with Crippen molar-refractivity contribution in [2.75, 3.05) is 23.8 Å². The van der Waals surface area contributed by atoms with Crippen LogP contribution in [0.3, 0.4) is 0 Å². The number of nitrogens with one attached hydrogen (secondary N) is 1. The maximum Gasteiger partial charge on any atom is 0.212 e. The molecule has 21 heavy (non-hydrogen) atoms. The molecule has 0 bridgehead atoms. The van der Waals surface area contributed by atoms with Crippen molar-refractivity contribution < 1.29 is 8.42 Å². The zero-order chi connectivity index (χ0) is 15.7. The summed E-state index contributed by atoms with van der Waals surface area (Å²) >= 11 is 1.48. The Labute approximate surface area is 132 Å². The van der Waals surface area contributed by atoms with Crippen molar-refractivity contribution in [2.24, 2.45) is 5.92 Å². The van der Waals surface area contributed by atoms with E-state index in [1.165, 1.54) is 11.8 Å². The molecule has 1 aromatic rings. The maximum atomic E-state index is 11.8. The summed E-state index contributed by atoms with van der Waals surface area (Å²) in [4.78, 5) is 0.935. The summed E-state index contributed by atoms with van der Waals surface area (Å²) in [6, 6.07) is 7.50. The van der Waals surface area contributed by atoms with E-state index in [0.717, 1.165) is 24.2 Å². The minimum absolute atomic E-state index is 0.121. The van der Waals surface area contributed by atoms with Crippen LogP contribution in [0.25, 0.3) is 0 Å². The normalized spacial score (nSPS) is 12.0. The van der Waals surface area contributed by atoms with Crippen molar-refractivity contribution in [3.05, 3.63) is 24.3 Å². The number of unbranched alkanes of at least 4 members (excludes halogenated alkanes) is 1. The van der Waals surface area contributed by atoms with Crippen molar-refractivity contribution in [2.45, 2.75) is 38.0 Å². The van der Waals surface area contributed by atoms with Crippen LogP contribution in [-0.2, 0) is 10.0 Å². The quantitative estimate of drug-likeness (QED) is 0.393. The molecular weight excluding hydrogens is 304 g/mol. The average Bonchev–Trinajstić information content (AvgIpc) is 2.40. The van der Waals surface area contributed by atoms with Gasteiger partial charge in [-0.3, -0.25) is 0 Å². The monoisotopic (exact) mass is 330 g/mol. The summed E-state index contributed by atoms with van der Waals surface area (Å²) in [6.45, 7) is 4.89. The fourth-order valence-electron chi connectivity index (χ4n) is 1.85. The van der Waals surface area contributed by atoms with Gasteiger partial charge in [0.05, 0.1) is 5.75 Å². The number of rotatable bonds is 10. The Morgan fingerprint density at radius 2 is 1.95 bits per heavy atom. The third-order valence-electron chi connectivity index (χ3n) is 3.06. The van der Waals surface area contributed by atoms with Crippen LogP contribution in [-0.4, -0.2) is 26.5 Å². The van der Waals surface area contributed by atoms with E-state index >= 15 is 0 Å². The highest BCUT2D eigenvalue weighted by molar-refractivity contribution is 8.00. The van der Waals surface area contributed by atoms with E-state index in [-0.39, 0.29) is 5.75 Å². The molecule has 0 heterocycles. The summed E-state index contributed by atoms with van der Waals surface area (Å²) in [5.74, 6) is 1.31. The van der Waals surface area contributed by atoms with Crippen molar-refractivity contribution >= 4 is 27.5 Å². The van der Waals surface area contributed by atoms with E-state index in [1.807, 2.05) is 24.3 Å². The van der Waals surface area contributed by atoms with Crippen LogP contribution in [0.15, 0.2) is 29.2 Å². The van der Waals surface area contributed by atoms with Crippen LogP contribution in [0.4, 0.5) is 5.69 Å². The minimum Gasteiger partial charge on any atom is -0.398 e. The van der Waals surface area contributed by atoms with E-state index in [1.54, 1.807) is 0 Å². The molecule has 0 aliphatic carbocycles. The van der Waals surface area contributed by atoms with Crippen LogP contribution >= 0.6 is 11.8 Å². The average molecular weight is 331 g/mol. The third kappa shape index (κ3) is 8.34. The van der Waals surface area contributed by atoms with Gasteiger partial charge in [-0.1, -0.05) is 38.8 Å². The van der Waals surface area contributed by atoms with E-state index < -0.39 is 10.0 Å². The Balaban J connectivity index is 2.22. The van der Waals surface area contributed by atoms with E-state index in [2.05, 4.69) is 18.6 Å². The van der Waals surface area contributed by atoms with Gasteiger partial charge in [0.15, 0.2) is 0 Å². The van der Waals surface area contributed by atoms with Gasteiger partial charge in [0.2, 0.25) is 10.0 Å². The van der Waals surface area contributed by atoms with Gasteiger partial charge in [0.1, 0.15) is 0 Å². The lowest BCUT2D eigenvalue weighted by atomic mass is 10.1. The Morgan fingerprint density at radius 1 is 1.24 bits per heavy atom. The molecular formula is C15H26N2O2S2. The van der Waals surface area contributed by atoms with E-state index in [0.29, 0.717) is 23.9 Å². The van der Waals surface area contributed by atoms with Gasteiger partial charge in [-0.2, -0.15) is 0 Å². The zero-order valence-electron chi connectivity index (χ0n) is 12.8. The first kappa shape index (κ1) is 18.3. The fourth-order valence-corrected chi connectivity index (χ4v) is 4.29. The summed E-state index contributed by atoms with van der Waals surface area (Å²) in [6.07, 6.45) is 3.11. The number of hydrogen-bond acceptors (Lipinski definition) is 4. The van der Waals surface area contributed by atoms with Crippen molar-refractivity contribution in [3.8, 4) is 0 Å². The first-order chi connectivity index (χ1) is 9.91. The number of nitrogens with two attached hydrogens (primary N) is 1.